The molecule has 2 N–H and O–H groups in total. The first-order chi connectivity index (χ1) is 8.84. The van der Waals surface area contributed by atoms with Crippen LogP contribution in [-0.2, 0) is 15.7 Å². The predicted molar refractivity (Wildman–Crippen MR) is 62.7 cm³/mol. The quantitative estimate of drug-likeness (QED) is 0.671. The molecule has 0 unspecified atom stereocenters. The standard InChI is InChI=1S/C11H12ClF3N2O2/c1-19-9(18)3-2-4-16-10-8(12)5-7(6-17-10)11(13,14)15/h5-6H,2-4H2,1H3,(H,16,17)/p+1. The molecule has 0 bridgehead atoms. The number of esters is 1. The third-order valence-electron chi connectivity index (χ3n) is 2.31. The summed E-state index contributed by atoms with van der Waals surface area (Å²) in [7, 11) is 1.29. The lowest BCUT2D eigenvalue weighted by Crippen LogP contribution is -2.18. The van der Waals surface area contributed by atoms with Crippen LogP contribution in [0.15, 0.2) is 12.3 Å². The molecule has 8 heteroatoms. The fourth-order valence-corrected chi connectivity index (χ4v) is 1.56. The zero-order valence-corrected chi connectivity index (χ0v) is 10.9. The molecule has 0 amide bonds. The normalized spacial score (nSPS) is 11.2. The van der Waals surface area contributed by atoms with Crippen molar-refractivity contribution in [1.82, 2.24) is 0 Å². The molecule has 0 atom stereocenters. The molecule has 0 radical (unpaired) electrons. The molecule has 0 aliphatic rings. The zero-order chi connectivity index (χ0) is 14.5. The minimum Gasteiger partial charge on any atom is -0.469 e. The Hall–Kier alpha value is -1.50. The number of hydrogen-bond acceptors (Lipinski definition) is 3. The molecule has 1 heterocycles. The van der Waals surface area contributed by atoms with E-state index in [9.17, 15) is 18.0 Å². The van der Waals surface area contributed by atoms with Crippen LogP contribution in [0.4, 0.5) is 19.0 Å². The Balaban J connectivity index is 2.54. The third kappa shape index (κ3) is 4.94. The van der Waals surface area contributed by atoms with Gasteiger partial charge in [0.15, 0.2) is 0 Å². The van der Waals surface area contributed by atoms with Gasteiger partial charge in [-0.25, -0.2) is 4.98 Å². The van der Waals surface area contributed by atoms with Gasteiger partial charge in [0, 0.05) is 6.42 Å². The number of anilines is 1. The number of hydrogen-bond donors (Lipinski definition) is 1. The van der Waals surface area contributed by atoms with Crippen molar-refractivity contribution in [3.63, 3.8) is 0 Å². The van der Waals surface area contributed by atoms with Crippen LogP contribution in [0.1, 0.15) is 18.4 Å². The van der Waals surface area contributed by atoms with E-state index >= 15 is 0 Å². The van der Waals surface area contributed by atoms with Gasteiger partial charge in [0.2, 0.25) is 0 Å². The van der Waals surface area contributed by atoms with Gasteiger partial charge in [0.1, 0.15) is 11.2 Å². The molecule has 0 fully saturated rings. The summed E-state index contributed by atoms with van der Waals surface area (Å²) in [4.78, 5) is 13.3. The van der Waals surface area contributed by atoms with Crippen molar-refractivity contribution in [3.05, 3.63) is 22.8 Å². The Morgan fingerprint density at radius 2 is 2.21 bits per heavy atom. The lowest BCUT2D eigenvalue weighted by molar-refractivity contribution is -0.364. The molecule has 1 aromatic rings. The molecular formula is C11H13ClF3N2O2+. The van der Waals surface area contributed by atoms with E-state index in [1.165, 1.54) is 7.11 Å². The number of aromatic nitrogens is 1. The first kappa shape index (κ1) is 15.6. The highest BCUT2D eigenvalue weighted by Crippen LogP contribution is 2.31. The van der Waals surface area contributed by atoms with Gasteiger partial charge in [-0.05, 0) is 12.5 Å². The van der Waals surface area contributed by atoms with Crippen LogP contribution in [0.3, 0.4) is 0 Å². The van der Waals surface area contributed by atoms with E-state index in [0.29, 0.717) is 13.0 Å². The van der Waals surface area contributed by atoms with Crippen LogP contribution in [0, 0.1) is 0 Å². The highest BCUT2D eigenvalue weighted by Gasteiger charge is 2.32. The van der Waals surface area contributed by atoms with E-state index in [1.54, 1.807) is 0 Å². The minimum absolute atomic E-state index is 0.0621. The maximum Gasteiger partial charge on any atom is 0.419 e. The molecule has 0 aliphatic carbocycles. The largest absolute Gasteiger partial charge is 0.469 e. The van der Waals surface area contributed by atoms with Crippen LogP contribution in [0.25, 0.3) is 0 Å². The molecule has 0 aliphatic heterocycles. The van der Waals surface area contributed by atoms with Crippen LogP contribution >= 0.6 is 11.6 Å². The summed E-state index contributed by atoms with van der Waals surface area (Å²) in [5, 5.41) is 2.75. The number of nitrogens with one attached hydrogen (secondary N) is 2. The highest BCUT2D eigenvalue weighted by atomic mass is 35.5. The van der Waals surface area contributed by atoms with E-state index < -0.39 is 11.7 Å². The van der Waals surface area contributed by atoms with E-state index in [-0.39, 0.29) is 23.2 Å². The fourth-order valence-electron chi connectivity index (χ4n) is 1.32. The predicted octanol–water partition coefficient (Wildman–Crippen LogP) is 2.54. The summed E-state index contributed by atoms with van der Waals surface area (Å²) in [5.41, 5.74) is -0.849. The van der Waals surface area contributed by atoms with Gasteiger partial charge in [0.05, 0.1) is 19.2 Å². The lowest BCUT2D eigenvalue weighted by atomic mass is 10.2. The monoisotopic (exact) mass is 297 g/mol. The van der Waals surface area contributed by atoms with Gasteiger partial charge in [0.25, 0.3) is 5.82 Å². The van der Waals surface area contributed by atoms with Gasteiger partial charge < -0.3 is 4.74 Å². The number of alkyl halides is 3. The summed E-state index contributed by atoms with van der Waals surface area (Å²) in [6.07, 6.45) is -2.91. The van der Waals surface area contributed by atoms with Gasteiger partial charge in [-0.3, -0.25) is 10.1 Å². The van der Waals surface area contributed by atoms with E-state index in [0.717, 1.165) is 12.3 Å². The van der Waals surface area contributed by atoms with E-state index in [4.69, 9.17) is 11.6 Å². The van der Waals surface area contributed by atoms with Crippen molar-refractivity contribution >= 4 is 23.4 Å². The van der Waals surface area contributed by atoms with Gasteiger partial charge in [-0.1, -0.05) is 11.6 Å². The Bertz CT molecular complexity index is 452. The summed E-state index contributed by atoms with van der Waals surface area (Å²) < 4.78 is 41.6. The number of halogens is 4. The molecule has 0 saturated carbocycles. The third-order valence-corrected chi connectivity index (χ3v) is 2.61. The topological polar surface area (TPSA) is 52.5 Å². The maximum absolute atomic E-state index is 12.4. The van der Waals surface area contributed by atoms with Crippen LogP contribution < -0.4 is 10.3 Å². The summed E-state index contributed by atoms with van der Waals surface area (Å²) in [5.74, 6) is -0.0659. The second-order valence-corrected chi connectivity index (χ2v) is 4.12. The molecular weight excluding hydrogens is 285 g/mol. The summed E-state index contributed by atoms with van der Waals surface area (Å²) >= 11 is 5.72. The van der Waals surface area contributed by atoms with Gasteiger partial charge in [-0.2, -0.15) is 13.2 Å². The number of carbonyl (C=O) groups excluding carboxylic acids is 1. The van der Waals surface area contributed by atoms with Crippen molar-refractivity contribution in [1.29, 1.82) is 0 Å². The lowest BCUT2D eigenvalue weighted by Gasteiger charge is -2.06. The molecule has 0 spiro atoms. The average molecular weight is 298 g/mol. The van der Waals surface area contributed by atoms with Crippen LogP contribution in [0.2, 0.25) is 5.02 Å². The number of ether oxygens (including phenoxy) is 1. The Labute approximate surface area is 112 Å². The number of H-pyrrole nitrogens is 1. The first-order valence-corrected chi connectivity index (χ1v) is 5.81. The first-order valence-electron chi connectivity index (χ1n) is 5.43. The van der Waals surface area contributed by atoms with Crippen molar-refractivity contribution in [3.8, 4) is 0 Å². The fraction of sp³-hybridized carbons (Fsp3) is 0.455. The van der Waals surface area contributed by atoms with Crippen molar-refractivity contribution < 1.29 is 27.7 Å². The second-order valence-electron chi connectivity index (χ2n) is 3.72. The van der Waals surface area contributed by atoms with Gasteiger partial charge in [-0.15, -0.1) is 0 Å². The Kier molecular flexibility index (Phi) is 5.41. The Morgan fingerprint density at radius 3 is 2.74 bits per heavy atom. The van der Waals surface area contributed by atoms with E-state index in [2.05, 4.69) is 15.0 Å². The molecule has 0 aromatic carbocycles. The SMILES string of the molecule is COC(=O)CCCNc1[nH+]cc(C(F)(F)F)cc1Cl. The number of aromatic amines is 1. The van der Waals surface area contributed by atoms with Crippen molar-refractivity contribution in [2.75, 3.05) is 19.0 Å². The molecule has 4 nitrogen and oxygen atoms in total. The molecule has 1 aromatic heterocycles. The van der Waals surface area contributed by atoms with Crippen molar-refractivity contribution in [2.45, 2.75) is 19.0 Å². The highest BCUT2D eigenvalue weighted by molar-refractivity contribution is 6.32. The summed E-state index contributed by atoms with van der Waals surface area (Å²) in [6, 6.07) is 0.834. The molecule has 0 saturated heterocycles. The number of rotatable bonds is 5. The molecule has 19 heavy (non-hydrogen) atoms. The molecule has 1 rings (SSSR count). The second kappa shape index (κ2) is 6.60. The minimum atomic E-state index is -4.44. The Morgan fingerprint density at radius 1 is 1.53 bits per heavy atom. The summed E-state index contributed by atoms with van der Waals surface area (Å²) in [6.45, 7) is 0.386. The van der Waals surface area contributed by atoms with Crippen molar-refractivity contribution in [2.24, 2.45) is 0 Å². The average Bonchev–Trinajstić information content (AvgIpc) is 2.34. The zero-order valence-electron chi connectivity index (χ0n) is 10.1. The molecule has 106 valence electrons. The van der Waals surface area contributed by atoms with Crippen LogP contribution in [0.5, 0.6) is 0 Å². The van der Waals surface area contributed by atoms with E-state index in [1.807, 2.05) is 0 Å². The number of carbonyl (C=O) groups is 1. The van der Waals surface area contributed by atoms with Gasteiger partial charge >= 0.3 is 12.1 Å². The maximum atomic E-state index is 12.4. The smallest absolute Gasteiger partial charge is 0.419 e. The van der Waals surface area contributed by atoms with Crippen LogP contribution in [-0.4, -0.2) is 19.6 Å². The number of methoxy groups -OCH3 is 1. The number of pyridine rings is 1.